The fourth-order valence-corrected chi connectivity index (χ4v) is 0.491. The van der Waals surface area contributed by atoms with E-state index >= 15 is 0 Å². The zero-order chi connectivity index (χ0) is 4.12. The Balaban J connectivity index is -0.0000000800. The first-order valence-electron chi connectivity index (χ1n) is 1.77. The number of hydrogen-bond acceptors (Lipinski definition) is 0. The summed E-state index contributed by atoms with van der Waals surface area (Å²) in [6.45, 7) is 3.65. The molecule has 0 fully saturated rings. The van der Waals surface area contributed by atoms with Crippen molar-refractivity contribution < 1.29 is 31.9 Å². The first-order valence-corrected chi connectivity index (χ1v) is 2.89. The minimum Gasteiger partial charge on any atom is -1.00 e. The summed E-state index contributed by atoms with van der Waals surface area (Å²) in [5.41, 5.74) is 0. The van der Waals surface area contributed by atoms with Crippen LogP contribution in [0.5, 0.6) is 0 Å². The quantitative estimate of drug-likeness (QED) is 0.426. The van der Waals surface area contributed by atoms with Gasteiger partial charge in [0, 0.05) is 24.8 Å². The molecule has 0 aromatic rings. The van der Waals surface area contributed by atoms with E-state index in [9.17, 15) is 0 Å². The molecule has 0 rings (SSSR count). The molecule has 0 spiro atoms. The Morgan fingerprint density at radius 1 is 1.43 bits per heavy atom. The van der Waals surface area contributed by atoms with Gasteiger partial charge in [0.05, 0.1) is 0 Å². The van der Waals surface area contributed by atoms with E-state index in [0.29, 0.717) is 0 Å². The average Bonchev–Trinajstić information content (AvgIpc) is 1.41. The molecule has 0 heterocycles. The molecule has 0 aliphatic carbocycles. The first kappa shape index (κ1) is 15.8. The molecule has 3 heteroatoms. The zero-order valence-electron chi connectivity index (χ0n) is 4.29. The largest absolute Gasteiger partial charge is 1.00 e. The summed E-state index contributed by atoms with van der Waals surface area (Å²) in [7, 11) is 0. The molecular formula is C4H8BrClZn-. The van der Waals surface area contributed by atoms with Gasteiger partial charge in [-0.3, -0.25) is 0 Å². The second-order valence-electron chi connectivity index (χ2n) is 0.896. The fraction of sp³-hybridized carbons (Fsp3) is 0.750. The summed E-state index contributed by atoms with van der Waals surface area (Å²) >= 11 is 3.27. The average molecular weight is 237 g/mol. The molecule has 0 atom stereocenters. The van der Waals surface area contributed by atoms with Crippen molar-refractivity contribution in [2.24, 2.45) is 0 Å². The summed E-state index contributed by atoms with van der Waals surface area (Å²) in [5.74, 6) is 0. The third-order valence-electron chi connectivity index (χ3n) is 0.384. The van der Waals surface area contributed by atoms with Crippen molar-refractivity contribution in [1.29, 1.82) is 0 Å². The van der Waals surface area contributed by atoms with Crippen LogP contribution in [-0.2, 0) is 19.5 Å². The molecule has 0 aromatic carbocycles. The van der Waals surface area contributed by atoms with Crippen LogP contribution in [0.25, 0.3) is 0 Å². The van der Waals surface area contributed by atoms with Crippen LogP contribution in [0.3, 0.4) is 0 Å². The molecule has 0 saturated carbocycles. The van der Waals surface area contributed by atoms with Crippen molar-refractivity contribution >= 4 is 15.9 Å². The Kier molecular flexibility index (Phi) is 35.3. The summed E-state index contributed by atoms with van der Waals surface area (Å²) in [4.78, 5) is 0. The number of alkyl halides is 1. The van der Waals surface area contributed by atoms with Gasteiger partial charge in [-0.05, 0) is 6.42 Å². The van der Waals surface area contributed by atoms with Crippen LogP contribution in [0.4, 0.5) is 0 Å². The minimum atomic E-state index is 0. The van der Waals surface area contributed by atoms with E-state index in [1.807, 2.05) is 0 Å². The minimum absolute atomic E-state index is 0. The summed E-state index contributed by atoms with van der Waals surface area (Å²) in [6, 6.07) is 0. The van der Waals surface area contributed by atoms with Crippen molar-refractivity contribution in [1.82, 2.24) is 0 Å². The van der Waals surface area contributed by atoms with Gasteiger partial charge < -0.3 is 12.4 Å². The second kappa shape index (κ2) is 15.7. The topological polar surface area (TPSA) is 0 Å². The third kappa shape index (κ3) is 18.7. The molecular weight excluding hydrogens is 229 g/mol. The monoisotopic (exact) mass is 234 g/mol. The van der Waals surface area contributed by atoms with Gasteiger partial charge in [0.2, 0.25) is 0 Å². The number of unbranched alkanes of at least 4 members (excludes halogenated alkanes) is 1. The molecule has 1 radical (unpaired) electrons. The third-order valence-corrected chi connectivity index (χ3v) is 0.944. The zero-order valence-corrected chi connectivity index (χ0v) is 9.60. The Morgan fingerprint density at radius 3 is 1.86 bits per heavy atom. The van der Waals surface area contributed by atoms with Crippen LogP contribution in [0.2, 0.25) is 0 Å². The predicted molar refractivity (Wildman–Crippen MR) is 28.4 cm³/mol. The Labute approximate surface area is 72.7 Å². The van der Waals surface area contributed by atoms with Crippen molar-refractivity contribution in [2.75, 3.05) is 5.33 Å². The SMILES string of the molecule is [CH2]CCCBr.[Cl-].[Zn]. The van der Waals surface area contributed by atoms with Crippen LogP contribution in [0, 0.1) is 6.92 Å². The smallest absolute Gasteiger partial charge is 0.00313 e. The van der Waals surface area contributed by atoms with Crippen LogP contribution in [-0.4, -0.2) is 5.33 Å². The van der Waals surface area contributed by atoms with Gasteiger partial charge >= 0.3 is 0 Å². The van der Waals surface area contributed by atoms with Gasteiger partial charge in [-0.15, -0.1) is 0 Å². The molecule has 0 amide bonds. The van der Waals surface area contributed by atoms with Crippen molar-refractivity contribution in [3.05, 3.63) is 6.92 Å². The molecule has 0 unspecified atom stereocenters. The van der Waals surface area contributed by atoms with Crippen LogP contribution in [0.1, 0.15) is 12.8 Å². The normalized spacial score (nSPS) is 6.00. The van der Waals surface area contributed by atoms with Crippen LogP contribution < -0.4 is 12.4 Å². The van der Waals surface area contributed by atoms with Crippen LogP contribution in [0.15, 0.2) is 0 Å². The molecule has 0 bridgehead atoms. The summed E-state index contributed by atoms with van der Waals surface area (Å²) in [6.07, 6.45) is 2.24. The van der Waals surface area contributed by atoms with E-state index in [2.05, 4.69) is 22.9 Å². The van der Waals surface area contributed by atoms with E-state index in [4.69, 9.17) is 0 Å². The van der Waals surface area contributed by atoms with Gasteiger partial charge in [0.15, 0.2) is 0 Å². The molecule has 41 valence electrons. The van der Waals surface area contributed by atoms with Crippen molar-refractivity contribution in [3.8, 4) is 0 Å². The van der Waals surface area contributed by atoms with Gasteiger partial charge in [0.1, 0.15) is 0 Å². The standard InChI is InChI=1S/C4H8Br.ClH.Zn/c1-2-3-4-5;;/h1-4H2;1H;/p-1. The molecule has 7 heavy (non-hydrogen) atoms. The van der Waals surface area contributed by atoms with Crippen molar-refractivity contribution in [3.63, 3.8) is 0 Å². The number of hydrogen-bond donors (Lipinski definition) is 0. The molecule has 0 aromatic heterocycles. The van der Waals surface area contributed by atoms with E-state index in [0.717, 1.165) is 11.8 Å². The Morgan fingerprint density at radius 2 is 1.86 bits per heavy atom. The van der Waals surface area contributed by atoms with E-state index in [1.54, 1.807) is 0 Å². The maximum atomic E-state index is 3.65. The van der Waals surface area contributed by atoms with E-state index in [1.165, 1.54) is 6.42 Å². The van der Waals surface area contributed by atoms with Crippen LogP contribution >= 0.6 is 15.9 Å². The maximum Gasteiger partial charge on any atom is 0.00313 e. The maximum absolute atomic E-state index is 3.65. The Bertz CT molecular complexity index is 19.2. The molecule has 0 aliphatic rings. The number of halogens is 2. The first-order chi connectivity index (χ1) is 2.41. The van der Waals surface area contributed by atoms with Gasteiger partial charge in [-0.25, -0.2) is 0 Å². The molecule has 0 N–H and O–H groups in total. The van der Waals surface area contributed by atoms with E-state index < -0.39 is 0 Å². The summed E-state index contributed by atoms with van der Waals surface area (Å²) in [5, 5.41) is 1.09. The van der Waals surface area contributed by atoms with Gasteiger partial charge in [0.25, 0.3) is 0 Å². The predicted octanol–water partition coefficient (Wildman–Crippen LogP) is -1.00. The number of rotatable bonds is 2. The molecule has 0 aliphatic heterocycles. The van der Waals surface area contributed by atoms with E-state index in [-0.39, 0.29) is 31.9 Å². The second-order valence-corrected chi connectivity index (χ2v) is 1.69. The van der Waals surface area contributed by atoms with Crippen molar-refractivity contribution in [2.45, 2.75) is 12.8 Å². The van der Waals surface area contributed by atoms with Gasteiger partial charge in [-0.2, -0.15) is 0 Å². The Hall–Kier alpha value is 1.39. The van der Waals surface area contributed by atoms with Gasteiger partial charge in [-0.1, -0.05) is 29.3 Å². The fourth-order valence-electron chi connectivity index (χ4n) is 0.0945. The summed E-state index contributed by atoms with van der Waals surface area (Å²) < 4.78 is 0. The molecule has 0 saturated heterocycles. The molecule has 0 nitrogen and oxygen atoms in total.